The van der Waals surface area contributed by atoms with Crippen LogP contribution >= 0.6 is 0 Å². The van der Waals surface area contributed by atoms with Gasteiger partial charge in [0.2, 0.25) is 5.82 Å². The fraction of sp³-hybridized carbons (Fsp3) is 0.179. The molecule has 1 atom stereocenters. The van der Waals surface area contributed by atoms with Crippen molar-refractivity contribution in [2.24, 2.45) is 0 Å². The van der Waals surface area contributed by atoms with Crippen LogP contribution < -0.4 is 5.32 Å². The molecule has 0 bridgehead atoms. The molecule has 0 fully saturated rings. The van der Waals surface area contributed by atoms with Gasteiger partial charge in [-0.05, 0) is 55.2 Å². The Labute approximate surface area is 203 Å². The Balaban J connectivity index is 1.62. The van der Waals surface area contributed by atoms with E-state index in [9.17, 15) is 9.18 Å². The number of nitrogens with zero attached hydrogens (tertiary/aromatic N) is 3. The molecule has 0 aliphatic carbocycles. The van der Waals surface area contributed by atoms with Gasteiger partial charge in [0, 0.05) is 11.3 Å². The van der Waals surface area contributed by atoms with Crippen molar-refractivity contribution >= 4 is 11.6 Å². The number of urea groups is 1. The molecule has 1 N–H and O–H groups in total. The molecular weight excluding hydrogens is 443 g/mol. The van der Waals surface area contributed by atoms with E-state index in [1.807, 2.05) is 63.2 Å². The van der Waals surface area contributed by atoms with Crippen molar-refractivity contribution in [3.63, 3.8) is 0 Å². The number of benzene rings is 3. The molecule has 0 saturated heterocycles. The van der Waals surface area contributed by atoms with Crippen LogP contribution in [0.25, 0.3) is 17.0 Å². The van der Waals surface area contributed by atoms with E-state index in [4.69, 9.17) is 4.52 Å². The molecule has 1 unspecified atom stereocenters. The van der Waals surface area contributed by atoms with Gasteiger partial charge < -0.3 is 9.84 Å². The summed E-state index contributed by atoms with van der Waals surface area (Å²) in [6.45, 7) is 6.37. The lowest BCUT2D eigenvalue weighted by Gasteiger charge is -2.35. The maximum atomic E-state index is 13.8. The molecule has 0 saturated carbocycles. The maximum absolute atomic E-state index is 13.8. The molecule has 5 rings (SSSR count). The third-order valence-corrected chi connectivity index (χ3v) is 6.38. The fourth-order valence-electron chi connectivity index (χ4n) is 4.29. The summed E-state index contributed by atoms with van der Waals surface area (Å²) < 4.78 is 19.5. The zero-order valence-corrected chi connectivity index (χ0v) is 19.7. The fourth-order valence-corrected chi connectivity index (χ4v) is 4.29. The molecular formula is C28H25FN4O2. The number of aromatic nitrogens is 2. The van der Waals surface area contributed by atoms with Gasteiger partial charge >= 0.3 is 6.03 Å². The molecule has 1 aromatic heterocycles. The van der Waals surface area contributed by atoms with Gasteiger partial charge in [0.15, 0.2) is 0 Å². The minimum Gasteiger partial charge on any atom is -0.334 e. The first-order chi connectivity index (χ1) is 16.9. The van der Waals surface area contributed by atoms with Gasteiger partial charge in [0.1, 0.15) is 5.82 Å². The van der Waals surface area contributed by atoms with Crippen molar-refractivity contribution in [2.75, 3.05) is 0 Å². The number of aryl methyl sites for hydroxylation is 2. The summed E-state index contributed by atoms with van der Waals surface area (Å²) in [4.78, 5) is 19.5. The number of allylic oxidation sites excluding steroid dienone is 1. The van der Waals surface area contributed by atoms with Crippen LogP contribution in [-0.2, 0) is 6.54 Å². The first-order valence-corrected chi connectivity index (χ1v) is 11.4. The lowest BCUT2D eigenvalue weighted by Crippen LogP contribution is -2.45. The SMILES string of the molecule is CC1=C(c2nc(-c3cccc(F)c3)no2)C(c2ccc(C)c(C)c2)NC(=O)N1Cc1ccccc1. The molecule has 0 radical (unpaired) electrons. The number of carbonyl (C=O) groups is 1. The average Bonchev–Trinajstić information content (AvgIpc) is 3.34. The van der Waals surface area contributed by atoms with Gasteiger partial charge in [0.25, 0.3) is 5.89 Å². The molecule has 2 amide bonds. The highest BCUT2D eigenvalue weighted by Crippen LogP contribution is 2.38. The van der Waals surface area contributed by atoms with Gasteiger partial charge in [-0.1, -0.05) is 65.8 Å². The predicted molar refractivity (Wildman–Crippen MR) is 131 cm³/mol. The highest BCUT2D eigenvalue weighted by molar-refractivity contribution is 5.87. The van der Waals surface area contributed by atoms with E-state index in [-0.39, 0.29) is 23.6 Å². The summed E-state index contributed by atoms with van der Waals surface area (Å²) in [6.07, 6.45) is 0. The lowest BCUT2D eigenvalue weighted by atomic mass is 9.92. The summed E-state index contributed by atoms with van der Waals surface area (Å²) >= 11 is 0. The van der Waals surface area contributed by atoms with Crippen molar-refractivity contribution in [1.82, 2.24) is 20.4 Å². The van der Waals surface area contributed by atoms with Gasteiger partial charge in [-0.2, -0.15) is 4.98 Å². The van der Waals surface area contributed by atoms with Crippen LogP contribution in [0.5, 0.6) is 0 Å². The van der Waals surface area contributed by atoms with E-state index in [2.05, 4.69) is 21.5 Å². The Hall–Kier alpha value is -4.26. The predicted octanol–water partition coefficient (Wildman–Crippen LogP) is 6.19. The van der Waals surface area contributed by atoms with Crippen molar-refractivity contribution in [1.29, 1.82) is 0 Å². The molecule has 6 nitrogen and oxygen atoms in total. The molecule has 1 aliphatic rings. The van der Waals surface area contributed by atoms with Crippen molar-refractivity contribution < 1.29 is 13.7 Å². The minimum atomic E-state index is -0.477. The van der Waals surface area contributed by atoms with Gasteiger partial charge in [-0.15, -0.1) is 0 Å². The van der Waals surface area contributed by atoms with Gasteiger partial charge in [0.05, 0.1) is 18.2 Å². The normalized spacial score (nSPS) is 15.9. The largest absolute Gasteiger partial charge is 0.334 e. The zero-order valence-electron chi connectivity index (χ0n) is 19.7. The van der Waals surface area contributed by atoms with Crippen molar-refractivity contribution in [2.45, 2.75) is 33.4 Å². The van der Waals surface area contributed by atoms with E-state index in [1.165, 1.54) is 12.1 Å². The van der Waals surface area contributed by atoms with Gasteiger partial charge in [-0.3, -0.25) is 4.90 Å². The lowest BCUT2D eigenvalue weighted by molar-refractivity contribution is 0.203. The molecule has 0 spiro atoms. The number of nitrogens with one attached hydrogen (secondary N) is 1. The van der Waals surface area contributed by atoms with Crippen LogP contribution in [-0.4, -0.2) is 21.1 Å². The molecule has 7 heteroatoms. The third-order valence-electron chi connectivity index (χ3n) is 6.38. The van der Waals surface area contributed by atoms with E-state index < -0.39 is 6.04 Å². The number of amides is 2. The van der Waals surface area contributed by atoms with Crippen LogP contribution in [0.4, 0.5) is 9.18 Å². The summed E-state index contributed by atoms with van der Waals surface area (Å²) in [7, 11) is 0. The zero-order chi connectivity index (χ0) is 24.5. The minimum absolute atomic E-state index is 0.205. The summed E-state index contributed by atoms with van der Waals surface area (Å²) in [5.41, 5.74) is 6.13. The van der Waals surface area contributed by atoms with Crippen LogP contribution in [0.15, 0.2) is 83.0 Å². The summed E-state index contributed by atoms with van der Waals surface area (Å²) in [5, 5.41) is 7.24. The number of carbonyl (C=O) groups excluding carboxylic acids is 1. The Morgan fingerprint density at radius 3 is 2.51 bits per heavy atom. The van der Waals surface area contributed by atoms with Crippen molar-refractivity contribution in [3.05, 3.63) is 112 Å². The van der Waals surface area contributed by atoms with Gasteiger partial charge in [-0.25, -0.2) is 9.18 Å². The van der Waals surface area contributed by atoms with E-state index in [0.717, 1.165) is 28.0 Å². The molecule has 3 aromatic carbocycles. The average molecular weight is 469 g/mol. The van der Waals surface area contributed by atoms with E-state index >= 15 is 0 Å². The standard InChI is InChI=1S/C28H25FN4O2/c1-17-12-13-21(14-18(17)2)25-24(27-31-26(32-35-27)22-10-7-11-23(29)15-22)19(3)33(28(34)30-25)16-20-8-5-4-6-9-20/h4-15,25H,16H2,1-3H3,(H,30,34). The topological polar surface area (TPSA) is 71.3 Å². The molecule has 176 valence electrons. The van der Waals surface area contributed by atoms with Crippen LogP contribution in [0.1, 0.15) is 41.1 Å². The number of rotatable bonds is 5. The molecule has 2 heterocycles. The highest BCUT2D eigenvalue weighted by Gasteiger charge is 2.36. The smallest absolute Gasteiger partial charge is 0.322 e. The third kappa shape index (κ3) is 4.45. The second-order valence-corrected chi connectivity index (χ2v) is 8.73. The van der Waals surface area contributed by atoms with Crippen LogP contribution in [0, 0.1) is 19.7 Å². The van der Waals surface area contributed by atoms with E-state index in [0.29, 0.717) is 17.7 Å². The number of halogens is 1. The molecule has 1 aliphatic heterocycles. The number of hydrogen-bond acceptors (Lipinski definition) is 4. The monoisotopic (exact) mass is 468 g/mol. The molecule has 4 aromatic rings. The van der Waals surface area contributed by atoms with E-state index in [1.54, 1.807) is 17.0 Å². The highest BCUT2D eigenvalue weighted by atomic mass is 19.1. The molecule has 35 heavy (non-hydrogen) atoms. The first-order valence-electron chi connectivity index (χ1n) is 11.4. The maximum Gasteiger partial charge on any atom is 0.322 e. The van der Waals surface area contributed by atoms with Crippen LogP contribution in [0.3, 0.4) is 0 Å². The summed E-state index contributed by atoms with van der Waals surface area (Å²) in [6, 6.07) is 21.2. The quantitative estimate of drug-likeness (QED) is 0.379. The van der Waals surface area contributed by atoms with Crippen LogP contribution in [0.2, 0.25) is 0 Å². The second kappa shape index (κ2) is 9.18. The Morgan fingerprint density at radius 2 is 1.77 bits per heavy atom. The summed E-state index contributed by atoms with van der Waals surface area (Å²) in [5.74, 6) is 0.185. The first kappa shape index (κ1) is 22.5. The Morgan fingerprint density at radius 1 is 0.971 bits per heavy atom. The number of hydrogen-bond donors (Lipinski definition) is 1. The Kier molecular flexibility index (Phi) is 5.91. The van der Waals surface area contributed by atoms with Crippen molar-refractivity contribution in [3.8, 4) is 11.4 Å². The second-order valence-electron chi connectivity index (χ2n) is 8.73. The Bertz CT molecular complexity index is 1430.